The zero-order chi connectivity index (χ0) is 22.5. The maximum absolute atomic E-state index is 13.7. The first-order chi connectivity index (χ1) is 16.1. The van der Waals surface area contributed by atoms with Gasteiger partial charge in [-0.15, -0.1) is 11.3 Å². The minimum absolute atomic E-state index is 0.0745. The molecule has 3 aliphatic carbocycles. The van der Waals surface area contributed by atoms with Crippen LogP contribution in [0.1, 0.15) is 24.1 Å². The fraction of sp³-hybridized carbons (Fsp3) is 0.536. The molecular weight excluding hydrogens is 430 g/mol. The van der Waals surface area contributed by atoms with E-state index in [9.17, 15) is 9.90 Å². The summed E-state index contributed by atoms with van der Waals surface area (Å²) >= 11 is 1.84. The fourth-order valence-electron chi connectivity index (χ4n) is 7.30. The van der Waals surface area contributed by atoms with Gasteiger partial charge in [-0.05, 0) is 29.7 Å². The third-order valence-electron chi connectivity index (χ3n) is 9.08. The van der Waals surface area contributed by atoms with E-state index in [1.165, 1.54) is 24.4 Å². The molecular formula is C28H34NO3S+. The number of piperidine rings is 3. The molecule has 0 spiro atoms. The van der Waals surface area contributed by atoms with Crippen LogP contribution in [0, 0.1) is 29.6 Å². The molecule has 0 aromatic carbocycles. The lowest BCUT2D eigenvalue weighted by molar-refractivity contribution is -0.946. The quantitative estimate of drug-likeness (QED) is 0.505. The molecule has 4 unspecified atom stereocenters. The SMILES string of the molecule is O=C(O[C@H]1C[N+]2(CCCc3cccs3)CCC1CC2)C1(O)C2C=CC=CC2C2C=CC=CC21. The number of esters is 1. The van der Waals surface area contributed by atoms with Gasteiger partial charge in [0.15, 0.2) is 11.7 Å². The number of carbonyl (C=O) groups is 1. The average molecular weight is 465 g/mol. The van der Waals surface area contributed by atoms with Crippen molar-refractivity contribution < 1.29 is 19.1 Å². The summed E-state index contributed by atoms with van der Waals surface area (Å²) in [5.74, 6) is -0.145. The second kappa shape index (κ2) is 8.37. The van der Waals surface area contributed by atoms with Crippen molar-refractivity contribution in [1.82, 2.24) is 0 Å². The first-order valence-electron chi connectivity index (χ1n) is 12.6. The highest BCUT2D eigenvalue weighted by Gasteiger charge is 2.63. The van der Waals surface area contributed by atoms with Crippen molar-refractivity contribution in [3.63, 3.8) is 0 Å². The Labute approximate surface area is 200 Å². The first-order valence-corrected chi connectivity index (χ1v) is 13.5. The van der Waals surface area contributed by atoms with Crippen LogP contribution in [-0.4, -0.2) is 53.4 Å². The van der Waals surface area contributed by atoms with Crippen molar-refractivity contribution in [1.29, 1.82) is 0 Å². The highest BCUT2D eigenvalue weighted by Crippen LogP contribution is 2.54. The zero-order valence-electron chi connectivity index (χ0n) is 19.1. The Balaban J connectivity index is 1.17. The number of nitrogens with zero attached hydrogens (tertiary/aromatic N) is 1. The molecule has 4 fully saturated rings. The van der Waals surface area contributed by atoms with Crippen molar-refractivity contribution in [3.05, 3.63) is 71.0 Å². The summed E-state index contributed by atoms with van der Waals surface area (Å²) in [6.07, 6.45) is 20.8. The molecule has 33 heavy (non-hydrogen) atoms. The lowest BCUT2D eigenvalue weighted by Gasteiger charge is -2.52. The smallest absolute Gasteiger partial charge is 0.339 e. The second-order valence-electron chi connectivity index (χ2n) is 10.7. The van der Waals surface area contributed by atoms with Crippen LogP contribution in [0.15, 0.2) is 66.1 Å². The average Bonchev–Trinajstić information content (AvgIpc) is 3.46. The Morgan fingerprint density at radius 1 is 1.06 bits per heavy atom. The van der Waals surface area contributed by atoms with Crippen molar-refractivity contribution in [2.45, 2.75) is 37.4 Å². The molecule has 1 saturated carbocycles. The third kappa shape index (κ3) is 3.60. The monoisotopic (exact) mass is 464 g/mol. The van der Waals surface area contributed by atoms with E-state index in [0.29, 0.717) is 5.92 Å². The summed E-state index contributed by atoms with van der Waals surface area (Å²) in [5, 5.41) is 14.1. The predicted octanol–water partition coefficient (Wildman–Crippen LogP) is 4.29. The first kappa shape index (κ1) is 21.6. The van der Waals surface area contributed by atoms with Gasteiger partial charge in [-0.25, -0.2) is 4.79 Å². The summed E-state index contributed by atoms with van der Waals surface area (Å²) in [5.41, 5.74) is -1.49. The van der Waals surface area contributed by atoms with Crippen LogP contribution in [0.5, 0.6) is 0 Å². The number of hydrogen-bond donors (Lipinski definition) is 1. The molecule has 4 nitrogen and oxygen atoms in total. The molecule has 3 aliphatic heterocycles. The van der Waals surface area contributed by atoms with Crippen molar-refractivity contribution in [3.8, 4) is 0 Å². The molecule has 3 saturated heterocycles. The number of hydrogen-bond acceptors (Lipinski definition) is 4. The van der Waals surface area contributed by atoms with E-state index in [2.05, 4.69) is 29.7 Å². The molecule has 6 aliphatic rings. The van der Waals surface area contributed by atoms with Gasteiger partial charge in [0.2, 0.25) is 0 Å². The topological polar surface area (TPSA) is 46.5 Å². The van der Waals surface area contributed by atoms with E-state index in [4.69, 9.17) is 4.74 Å². The lowest BCUT2D eigenvalue weighted by Crippen LogP contribution is -2.65. The van der Waals surface area contributed by atoms with E-state index >= 15 is 0 Å². The van der Waals surface area contributed by atoms with Gasteiger partial charge in [0.25, 0.3) is 0 Å². The highest BCUT2D eigenvalue weighted by atomic mass is 32.1. The van der Waals surface area contributed by atoms with Gasteiger partial charge < -0.3 is 14.3 Å². The van der Waals surface area contributed by atoms with E-state index in [0.717, 1.165) is 36.8 Å². The van der Waals surface area contributed by atoms with E-state index in [-0.39, 0.29) is 29.8 Å². The maximum Gasteiger partial charge on any atom is 0.339 e. The van der Waals surface area contributed by atoms with E-state index < -0.39 is 11.6 Å². The van der Waals surface area contributed by atoms with Crippen LogP contribution in [0.25, 0.3) is 0 Å². The minimum atomic E-state index is -1.49. The maximum atomic E-state index is 13.7. The lowest BCUT2D eigenvalue weighted by atomic mass is 9.79. The van der Waals surface area contributed by atoms with Gasteiger partial charge in [-0.2, -0.15) is 0 Å². The molecule has 1 aromatic rings. The summed E-state index contributed by atoms with van der Waals surface area (Å²) in [6, 6.07) is 4.36. The minimum Gasteiger partial charge on any atom is -0.454 e. The van der Waals surface area contributed by atoms with Crippen LogP contribution in [0.3, 0.4) is 0 Å². The Morgan fingerprint density at radius 3 is 2.36 bits per heavy atom. The van der Waals surface area contributed by atoms with E-state index in [1.54, 1.807) is 0 Å². The second-order valence-corrected chi connectivity index (χ2v) is 11.8. The molecule has 1 N–H and O–H groups in total. The Kier molecular flexibility index (Phi) is 5.47. The van der Waals surface area contributed by atoms with E-state index in [1.807, 2.05) is 47.8 Å². The molecule has 2 bridgehead atoms. The zero-order valence-corrected chi connectivity index (χ0v) is 19.9. The molecule has 1 aromatic heterocycles. The number of quaternary nitrogens is 1. The van der Waals surface area contributed by atoms with Gasteiger partial charge >= 0.3 is 5.97 Å². The van der Waals surface area contributed by atoms with Crippen molar-refractivity contribution in [2.75, 3.05) is 26.2 Å². The Bertz CT molecular complexity index is 964. The number of rotatable bonds is 6. The largest absolute Gasteiger partial charge is 0.454 e. The molecule has 7 rings (SSSR count). The molecule has 0 amide bonds. The van der Waals surface area contributed by atoms with Gasteiger partial charge in [0.05, 0.1) is 19.6 Å². The van der Waals surface area contributed by atoms with Crippen LogP contribution in [0.4, 0.5) is 0 Å². The van der Waals surface area contributed by atoms with Crippen molar-refractivity contribution >= 4 is 17.3 Å². The summed E-state index contributed by atoms with van der Waals surface area (Å²) in [4.78, 5) is 15.2. The number of fused-ring (bicyclic) bond motifs is 6. The highest BCUT2D eigenvalue weighted by molar-refractivity contribution is 7.09. The van der Waals surface area contributed by atoms with Gasteiger partial charge in [-0.3, -0.25) is 0 Å². The fourth-order valence-corrected chi connectivity index (χ4v) is 8.05. The number of thiophene rings is 1. The summed E-state index contributed by atoms with van der Waals surface area (Å²) in [6.45, 7) is 4.46. The van der Waals surface area contributed by atoms with Crippen LogP contribution >= 0.6 is 11.3 Å². The molecule has 0 radical (unpaired) electrons. The Hall–Kier alpha value is -1.95. The number of allylic oxidation sites excluding steroid dienone is 6. The number of ether oxygens (including phenoxy) is 1. The standard InChI is InChI=1S/C28H34NO3S/c30-27(28(31)24-11-3-1-9-22(24)23-10-2-4-12-25(23)28)32-26-19-29(16-13-20(26)14-17-29)15-5-7-21-8-6-18-33-21/h1-4,6,8-12,18,20,22-26,31H,5,7,13-17,19H2/q+1/t20?,22?,23?,24?,25?,26-,28?,29?/m0/s1. The van der Waals surface area contributed by atoms with Gasteiger partial charge in [0.1, 0.15) is 6.54 Å². The molecule has 5 heteroatoms. The third-order valence-corrected chi connectivity index (χ3v) is 10.0. The predicted molar refractivity (Wildman–Crippen MR) is 130 cm³/mol. The van der Waals surface area contributed by atoms with Crippen LogP contribution < -0.4 is 0 Å². The number of aliphatic hydroxyl groups is 1. The number of carbonyl (C=O) groups excluding carboxylic acids is 1. The molecule has 174 valence electrons. The molecule has 4 heterocycles. The Morgan fingerprint density at radius 2 is 1.73 bits per heavy atom. The normalized spacial score (nSPS) is 42.3. The summed E-state index contributed by atoms with van der Waals surface area (Å²) in [7, 11) is 0. The van der Waals surface area contributed by atoms with Crippen LogP contribution in [0.2, 0.25) is 0 Å². The van der Waals surface area contributed by atoms with Gasteiger partial charge in [-0.1, -0.05) is 54.7 Å². The van der Waals surface area contributed by atoms with Crippen LogP contribution in [-0.2, 0) is 16.0 Å². The van der Waals surface area contributed by atoms with Crippen molar-refractivity contribution in [2.24, 2.45) is 29.6 Å². The molecule has 5 atom stereocenters. The van der Waals surface area contributed by atoms with Gasteiger partial charge in [0, 0.05) is 41.9 Å². The number of aryl methyl sites for hydroxylation is 1. The summed E-state index contributed by atoms with van der Waals surface area (Å²) < 4.78 is 7.34.